The highest BCUT2D eigenvalue weighted by molar-refractivity contribution is 6.16. The number of halogens is 1. The van der Waals surface area contributed by atoms with Crippen molar-refractivity contribution in [2.24, 2.45) is 0 Å². The maximum atomic E-state index is 10.6. The van der Waals surface area contributed by atoms with Crippen LogP contribution in [0.5, 0.6) is 0 Å². The van der Waals surface area contributed by atoms with E-state index in [4.69, 9.17) is 11.6 Å². The number of alkyl halides is 1. The van der Waals surface area contributed by atoms with Crippen LogP contribution in [0.3, 0.4) is 0 Å². The van der Waals surface area contributed by atoms with E-state index in [1.807, 2.05) is 4.57 Å². The van der Waals surface area contributed by atoms with E-state index in [9.17, 15) is 10.1 Å². The number of hydrogen-bond donors (Lipinski definition) is 0. The molecule has 0 N–H and O–H groups in total. The Morgan fingerprint density at radius 2 is 2.00 bits per heavy atom. The topological polar surface area (TPSA) is 73.8 Å². The summed E-state index contributed by atoms with van der Waals surface area (Å²) in [6.07, 6.45) is 2.20. The van der Waals surface area contributed by atoms with Gasteiger partial charge in [-0.25, -0.2) is 0 Å². The number of nitrogens with zero attached hydrogens (tertiary/aromatic N) is 4. The van der Waals surface area contributed by atoms with Gasteiger partial charge in [-0.05, 0) is 25.0 Å². The zero-order valence-corrected chi connectivity index (χ0v) is 10.7. The largest absolute Gasteiger partial charge is 0.307 e. The number of non-ortho nitro benzene ring substituents is 1. The standard InChI is InChI=1S/C12H11ClN4O2/c13-7-11-14-15-12(16(11)9-5-6-9)8-1-3-10(4-2-8)17(18)19/h1-4,9H,5-7H2. The predicted molar refractivity (Wildman–Crippen MR) is 69.9 cm³/mol. The van der Waals surface area contributed by atoms with Crippen LogP contribution in [0.15, 0.2) is 24.3 Å². The SMILES string of the molecule is O=[N+]([O-])c1ccc(-c2nnc(CCl)n2C2CC2)cc1. The normalized spacial score (nSPS) is 14.6. The summed E-state index contributed by atoms with van der Waals surface area (Å²) in [5.74, 6) is 1.79. The summed E-state index contributed by atoms with van der Waals surface area (Å²) in [6, 6.07) is 6.75. The van der Waals surface area contributed by atoms with Crippen LogP contribution in [-0.4, -0.2) is 19.7 Å². The molecule has 1 aliphatic carbocycles. The summed E-state index contributed by atoms with van der Waals surface area (Å²) >= 11 is 5.86. The van der Waals surface area contributed by atoms with E-state index in [0.29, 0.717) is 11.9 Å². The molecule has 0 saturated heterocycles. The van der Waals surface area contributed by atoms with Gasteiger partial charge in [-0.15, -0.1) is 21.8 Å². The number of benzene rings is 1. The average Bonchev–Trinajstić information content (AvgIpc) is 3.17. The molecule has 1 heterocycles. The summed E-state index contributed by atoms with van der Waals surface area (Å²) in [4.78, 5) is 10.2. The number of hydrogen-bond acceptors (Lipinski definition) is 4. The minimum absolute atomic E-state index is 0.0683. The number of nitro benzene ring substituents is 1. The Bertz CT molecular complexity index is 619. The van der Waals surface area contributed by atoms with Crippen LogP contribution >= 0.6 is 11.6 Å². The van der Waals surface area contributed by atoms with E-state index >= 15 is 0 Å². The van der Waals surface area contributed by atoms with Crippen LogP contribution in [-0.2, 0) is 5.88 Å². The maximum absolute atomic E-state index is 10.6. The molecule has 0 atom stereocenters. The summed E-state index contributed by atoms with van der Waals surface area (Å²) in [5.41, 5.74) is 0.889. The van der Waals surface area contributed by atoms with E-state index in [2.05, 4.69) is 10.2 Å². The fourth-order valence-electron chi connectivity index (χ4n) is 2.06. The van der Waals surface area contributed by atoms with Crippen LogP contribution in [0, 0.1) is 10.1 Å². The predicted octanol–water partition coefficient (Wildman–Crippen LogP) is 2.93. The van der Waals surface area contributed by atoms with Gasteiger partial charge in [-0.2, -0.15) is 0 Å². The first kappa shape index (κ1) is 12.1. The summed E-state index contributed by atoms with van der Waals surface area (Å²) in [5, 5.41) is 18.9. The molecular weight excluding hydrogens is 268 g/mol. The highest BCUT2D eigenvalue weighted by Crippen LogP contribution is 2.39. The Labute approximate surface area is 114 Å². The number of nitro groups is 1. The number of aromatic nitrogens is 3. The average molecular weight is 279 g/mol. The third-order valence-electron chi connectivity index (χ3n) is 3.13. The molecule has 7 heteroatoms. The van der Waals surface area contributed by atoms with Gasteiger partial charge < -0.3 is 4.57 Å². The highest BCUT2D eigenvalue weighted by Gasteiger charge is 2.29. The van der Waals surface area contributed by atoms with Crippen molar-refractivity contribution in [3.8, 4) is 11.4 Å². The Morgan fingerprint density at radius 1 is 1.32 bits per heavy atom. The van der Waals surface area contributed by atoms with Gasteiger partial charge in [0, 0.05) is 23.7 Å². The molecule has 0 unspecified atom stereocenters. The first-order valence-corrected chi connectivity index (χ1v) is 6.48. The molecule has 19 heavy (non-hydrogen) atoms. The molecule has 1 aliphatic rings. The maximum Gasteiger partial charge on any atom is 0.269 e. The van der Waals surface area contributed by atoms with Crippen molar-refractivity contribution < 1.29 is 4.92 Å². The molecule has 2 aromatic rings. The molecule has 0 bridgehead atoms. The first-order valence-electron chi connectivity index (χ1n) is 5.95. The highest BCUT2D eigenvalue weighted by atomic mass is 35.5. The van der Waals surface area contributed by atoms with Crippen LogP contribution in [0.4, 0.5) is 5.69 Å². The van der Waals surface area contributed by atoms with E-state index in [0.717, 1.165) is 30.1 Å². The molecule has 1 aromatic heterocycles. The first-order chi connectivity index (χ1) is 9.20. The van der Waals surface area contributed by atoms with Gasteiger partial charge in [0.1, 0.15) is 5.82 Å². The van der Waals surface area contributed by atoms with Gasteiger partial charge in [0.25, 0.3) is 5.69 Å². The quantitative estimate of drug-likeness (QED) is 0.489. The monoisotopic (exact) mass is 278 g/mol. The van der Waals surface area contributed by atoms with Crippen LogP contribution in [0.2, 0.25) is 0 Å². The van der Waals surface area contributed by atoms with Crippen molar-refractivity contribution in [3.05, 3.63) is 40.2 Å². The van der Waals surface area contributed by atoms with Gasteiger partial charge in [-0.1, -0.05) is 0 Å². The van der Waals surface area contributed by atoms with Crippen LogP contribution < -0.4 is 0 Å². The molecule has 98 valence electrons. The van der Waals surface area contributed by atoms with Crippen molar-refractivity contribution in [2.45, 2.75) is 24.8 Å². The van der Waals surface area contributed by atoms with Gasteiger partial charge in [-0.3, -0.25) is 10.1 Å². The second-order valence-electron chi connectivity index (χ2n) is 4.48. The minimum atomic E-state index is -0.417. The fourth-order valence-corrected chi connectivity index (χ4v) is 2.24. The number of rotatable bonds is 4. The lowest BCUT2D eigenvalue weighted by atomic mass is 10.2. The fraction of sp³-hybridized carbons (Fsp3) is 0.333. The van der Waals surface area contributed by atoms with Gasteiger partial charge in [0.05, 0.1) is 10.8 Å². The van der Waals surface area contributed by atoms with Gasteiger partial charge in [0.2, 0.25) is 0 Å². The molecule has 0 amide bonds. The molecule has 0 spiro atoms. The summed E-state index contributed by atoms with van der Waals surface area (Å²) < 4.78 is 2.04. The van der Waals surface area contributed by atoms with Crippen molar-refractivity contribution in [3.63, 3.8) is 0 Å². The second-order valence-corrected chi connectivity index (χ2v) is 4.75. The Hall–Kier alpha value is -1.95. The molecule has 3 rings (SSSR count). The van der Waals surface area contributed by atoms with Crippen LogP contribution in [0.25, 0.3) is 11.4 Å². The van der Waals surface area contributed by atoms with Gasteiger partial charge in [0.15, 0.2) is 5.82 Å². The van der Waals surface area contributed by atoms with E-state index in [1.54, 1.807) is 12.1 Å². The van der Waals surface area contributed by atoms with Crippen molar-refractivity contribution >= 4 is 17.3 Å². The van der Waals surface area contributed by atoms with E-state index < -0.39 is 4.92 Å². The zero-order chi connectivity index (χ0) is 13.4. The minimum Gasteiger partial charge on any atom is -0.307 e. The molecule has 1 fully saturated rings. The Balaban J connectivity index is 2.01. The molecule has 1 saturated carbocycles. The van der Waals surface area contributed by atoms with Crippen molar-refractivity contribution in [2.75, 3.05) is 0 Å². The van der Waals surface area contributed by atoms with E-state index in [1.165, 1.54) is 12.1 Å². The third-order valence-corrected chi connectivity index (χ3v) is 3.37. The van der Waals surface area contributed by atoms with Crippen LogP contribution in [0.1, 0.15) is 24.7 Å². The molecule has 6 nitrogen and oxygen atoms in total. The molecular formula is C12H11ClN4O2. The lowest BCUT2D eigenvalue weighted by Crippen LogP contribution is -2.01. The lowest BCUT2D eigenvalue weighted by Gasteiger charge is -2.07. The molecule has 1 aromatic carbocycles. The van der Waals surface area contributed by atoms with Crippen molar-refractivity contribution in [1.82, 2.24) is 14.8 Å². The summed E-state index contributed by atoms with van der Waals surface area (Å²) in [7, 11) is 0. The Kier molecular flexibility index (Phi) is 2.94. The summed E-state index contributed by atoms with van der Waals surface area (Å²) in [6.45, 7) is 0. The smallest absolute Gasteiger partial charge is 0.269 e. The molecule has 0 aliphatic heterocycles. The molecule has 0 radical (unpaired) electrons. The Morgan fingerprint density at radius 3 is 2.53 bits per heavy atom. The van der Waals surface area contributed by atoms with Crippen molar-refractivity contribution in [1.29, 1.82) is 0 Å². The third kappa shape index (κ3) is 2.19. The van der Waals surface area contributed by atoms with E-state index in [-0.39, 0.29) is 5.69 Å². The van der Waals surface area contributed by atoms with Gasteiger partial charge >= 0.3 is 0 Å². The second kappa shape index (κ2) is 4.62. The zero-order valence-electron chi connectivity index (χ0n) is 9.99. The lowest BCUT2D eigenvalue weighted by molar-refractivity contribution is -0.384.